The molecule has 0 aliphatic heterocycles. The van der Waals surface area contributed by atoms with Gasteiger partial charge in [-0.25, -0.2) is 4.68 Å². The summed E-state index contributed by atoms with van der Waals surface area (Å²) in [5.74, 6) is 2.14. The highest BCUT2D eigenvalue weighted by Crippen LogP contribution is 2.31. The standard InChI is InChI=1S/C14H24N4O2/c1-10-4-6-12(7-5-10)8-9-15-14-13(18(19)20)11(2)16-17(14)3/h10,12,15H,4-9H2,1-3H3. The van der Waals surface area contributed by atoms with Crippen LogP contribution in [-0.4, -0.2) is 21.2 Å². The second-order valence-electron chi connectivity index (χ2n) is 6.00. The first-order valence-corrected chi connectivity index (χ1v) is 7.41. The van der Waals surface area contributed by atoms with Crippen molar-refractivity contribution in [2.75, 3.05) is 11.9 Å². The van der Waals surface area contributed by atoms with E-state index >= 15 is 0 Å². The minimum absolute atomic E-state index is 0.102. The fraction of sp³-hybridized carbons (Fsp3) is 0.786. The minimum Gasteiger partial charge on any atom is -0.365 e. The number of hydrogen-bond acceptors (Lipinski definition) is 4. The molecule has 0 aromatic carbocycles. The summed E-state index contributed by atoms with van der Waals surface area (Å²) >= 11 is 0. The maximum atomic E-state index is 11.1. The maximum Gasteiger partial charge on any atom is 0.333 e. The Kier molecular flexibility index (Phi) is 4.62. The number of nitrogens with zero attached hydrogens (tertiary/aromatic N) is 3. The van der Waals surface area contributed by atoms with E-state index in [0.717, 1.165) is 24.8 Å². The molecule has 6 heteroatoms. The molecule has 112 valence electrons. The lowest BCUT2D eigenvalue weighted by molar-refractivity contribution is -0.384. The highest BCUT2D eigenvalue weighted by Gasteiger charge is 2.24. The summed E-state index contributed by atoms with van der Waals surface area (Å²) in [7, 11) is 1.74. The lowest BCUT2D eigenvalue weighted by Gasteiger charge is -2.26. The van der Waals surface area contributed by atoms with Gasteiger partial charge in [-0.05, 0) is 25.2 Å². The van der Waals surface area contributed by atoms with Crippen molar-refractivity contribution in [1.82, 2.24) is 9.78 Å². The molecule has 0 unspecified atom stereocenters. The zero-order chi connectivity index (χ0) is 14.7. The molecule has 1 aromatic heterocycles. The van der Waals surface area contributed by atoms with Gasteiger partial charge in [-0.3, -0.25) is 10.1 Å². The van der Waals surface area contributed by atoms with Crippen LogP contribution in [0.15, 0.2) is 0 Å². The summed E-state index contributed by atoms with van der Waals surface area (Å²) in [6, 6.07) is 0. The van der Waals surface area contributed by atoms with Crippen LogP contribution >= 0.6 is 0 Å². The Bertz CT molecular complexity index is 476. The second kappa shape index (κ2) is 6.24. The van der Waals surface area contributed by atoms with E-state index in [2.05, 4.69) is 17.3 Å². The summed E-state index contributed by atoms with van der Waals surface area (Å²) < 4.78 is 1.57. The van der Waals surface area contributed by atoms with Crippen LogP contribution in [0.3, 0.4) is 0 Å². The smallest absolute Gasteiger partial charge is 0.333 e. The Labute approximate surface area is 119 Å². The van der Waals surface area contributed by atoms with Crippen molar-refractivity contribution in [3.63, 3.8) is 0 Å². The second-order valence-corrected chi connectivity index (χ2v) is 6.00. The Hall–Kier alpha value is -1.59. The summed E-state index contributed by atoms with van der Waals surface area (Å²) in [6.45, 7) is 4.76. The van der Waals surface area contributed by atoms with Gasteiger partial charge >= 0.3 is 5.69 Å². The third kappa shape index (κ3) is 3.29. The van der Waals surface area contributed by atoms with Crippen molar-refractivity contribution in [1.29, 1.82) is 0 Å². The Morgan fingerprint density at radius 1 is 1.40 bits per heavy atom. The van der Waals surface area contributed by atoms with Crippen LogP contribution in [0.25, 0.3) is 0 Å². The Morgan fingerprint density at radius 2 is 2.05 bits per heavy atom. The molecule has 0 amide bonds. The third-order valence-corrected chi connectivity index (χ3v) is 4.35. The van der Waals surface area contributed by atoms with Crippen LogP contribution < -0.4 is 5.32 Å². The van der Waals surface area contributed by atoms with Gasteiger partial charge in [0, 0.05) is 13.6 Å². The van der Waals surface area contributed by atoms with Gasteiger partial charge in [0.25, 0.3) is 0 Å². The predicted octanol–water partition coefficient (Wildman–Crippen LogP) is 3.27. The zero-order valence-corrected chi connectivity index (χ0v) is 12.6. The van der Waals surface area contributed by atoms with Crippen molar-refractivity contribution < 1.29 is 4.92 Å². The molecule has 1 saturated carbocycles. The normalized spacial score (nSPS) is 22.8. The number of hydrogen-bond donors (Lipinski definition) is 1. The SMILES string of the molecule is Cc1nn(C)c(NCCC2CCC(C)CC2)c1[N+](=O)[O-]. The van der Waals surface area contributed by atoms with Gasteiger partial charge in [-0.1, -0.05) is 32.6 Å². The van der Waals surface area contributed by atoms with Gasteiger partial charge < -0.3 is 5.32 Å². The number of anilines is 1. The van der Waals surface area contributed by atoms with Crippen LogP contribution in [-0.2, 0) is 7.05 Å². The summed E-state index contributed by atoms with van der Waals surface area (Å²) in [4.78, 5) is 10.7. The molecular formula is C14H24N4O2. The fourth-order valence-electron chi connectivity index (χ4n) is 3.08. The van der Waals surface area contributed by atoms with Gasteiger partial charge in [0.05, 0.1) is 4.92 Å². The molecule has 1 N–H and O–H groups in total. The molecule has 20 heavy (non-hydrogen) atoms. The van der Waals surface area contributed by atoms with E-state index in [4.69, 9.17) is 0 Å². The monoisotopic (exact) mass is 280 g/mol. The molecule has 0 spiro atoms. The third-order valence-electron chi connectivity index (χ3n) is 4.35. The molecule has 2 rings (SSSR count). The Balaban J connectivity index is 1.90. The molecule has 6 nitrogen and oxygen atoms in total. The summed E-state index contributed by atoms with van der Waals surface area (Å²) in [5, 5.41) is 18.4. The van der Waals surface area contributed by atoms with Crippen molar-refractivity contribution in [2.24, 2.45) is 18.9 Å². The molecule has 0 atom stereocenters. The Morgan fingerprint density at radius 3 is 2.65 bits per heavy atom. The molecule has 1 aromatic rings. The van der Waals surface area contributed by atoms with Gasteiger partial charge in [-0.15, -0.1) is 0 Å². The van der Waals surface area contributed by atoms with E-state index in [-0.39, 0.29) is 10.6 Å². The highest BCUT2D eigenvalue weighted by atomic mass is 16.6. The van der Waals surface area contributed by atoms with Crippen molar-refractivity contribution in [3.8, 4) is 0 Å². The molecule has 1 aliphatic carbocycles. The van der Waals surface area contributed by atoms with Crippen molar-refractivity contribution in [3.05, 3.63) is 15.8 Å². The van der Waals surface area contributed by atoms with Crippen LogP contribution in [0, 0.1) is 28.9 Å². The molecule has 1 fully saturated rings. The predicted molar refractivity (Wildman–Crippen MR) is 78.8 cm³/mol. The minimum atomic E-state index is -0.354. The first kappa shape index (κ1) is 14.8. The summed E-state index contributed by atoms with van der Waals surface area (Å²) in [5.41, 5.74) is 0.566. The first-order chi connectivity index (χ1) is 9.49. The molecule has 1 aliphatic rings. The van der Waals surface area contributed by atoms with E-state index in [9.17, 15) is 10.1 Å². The lowest BCUT2D eigenvalue weighted by atomic mass is 9.81. The van der Waals surface area contributed by atoms with Crippen LogP contribution in [0.1, 0.15) is 44.7 Å². The first-order valence-electron chi connectivity index (χ1n) is 7.41. The molecule has 0 saturated heterocycles. The van der Waals surface area contributed by atoms with E-state index in [1.807, 2.05) is 0 Å². The summed E-state index contributed by atoms with van der Waals surface area (Å²) in [6.07, 6.45) is 6.28. The van der Waals surface area contributed by atoms with Gasteiger partial charge in [-0.2, -0.15) is 5.10 Å². The average molecular weight is 280 g/mol. The topological polar surface area (TPSA) is 73.0 Å². The fourth-order valence-corrected chi connectivity index (χ4v) is 3.08. The van der Waals surface area contributed by atoms with Gasteiger partial charge in [0.2, 0.25) is 5.82 Å². The lowest BCUT2D eigenvalue weighted by Crippen LogP contribution is -2.16. The van der Waals surface area contributed by atoms with E-state index < -0.39 is 0 Å². The highest BCUT2D eigenvalue weighted by molar-refractivity contribution is 5.59. The van der Waals surface area contributed by atoms with Crippen molar-refractivity contribution in [2.45, 2.75) is 46.0 Å². The largest absolute Gasteiger partial charge is 0.365 e. The van der Waals surface area contributed by atoms with Crippen LogP contribution in [0.4, 0.5) is 11.5 Å². The number of rotatable bonds is 5. The van der Waals surface area contributed by atoms with E-state index in [1.54, 1.807) is 18.7 Å². The molecule has 1 heterocycles. The number of aromatic nitrogens is 2. The average Bonchev–Trinajstić information content (AvgIpc) is 2.66. The molecular weight excluding hydrogens is 256 g/mol. The van der Waals surface area contributed by atoms with E-state index in [1.165, 1.54) is 25.7 Å². The van der Waals surface area contributed by atoms with Gasteiger partial charge in [0.1, 0.15) is 5.69 Å². The number of aryl methyl sites for hydroxylation is 2. The number of nitrogens with one attached hydrogen (secondary N) is 1. The van der Waals surface area contributed by atoms with Crippen molar-refractivity contribution >= 4 is 11.5 Å². The molecule has 0 radical (unpaired) electrons. The molecule has 0 bridgehead atoms. The quantitative estimate of drug-likeness (QED) is 0.663. The van der Waals surface area contributed by atoms with E-state index in [0.29, 0.717) is 11.5 Å². The maximum absolute atomic E-state index is 11.1. The van der Waals surface area contributed by atoms with Crippen LogP contribution in [0.5, 0.6) is 0 Å². The van der Waals surface area contributed by atoms with Gasteiger partial charge in [0.15, 0.2) is 0 Å². The number of nitro groups is 1. The van der Waals surface area contributed by atoms with Crippen LogP contribution in [0.2, 0.25) is 0 Å². The zero-order valence-electron chi connectivity index (χ0n) is 12.6.